The molecule has 0 spiro atoms. The van der Waals surface area contributed by atoms with Gasteiger partial charge in [-0.15, -0.1) is 0 Å². The molecule has 0 aromatic carbocycles. The smallest absolute Gasteiger partial charge is 0.225 e. The van der Waals surface area contributed by atoms with Crippen LogP contribution in [0, 0.1) is 11.8 Å². The van der Waals surface area contributed by atoms with Crippen LogP contribution in [0.15, 0.2) is 18.5 Å². The number of carbonyl (C=O) groups is 2. The van der Waals surface area contributed by atoms with E-state index in [9.17, 15) is 9.59 Å². The van der Waals surface area contributed by atoms with Crippen LogP contribution in [0.1, 0.15) is 26.2 Å². The number of nitrogens with one attached hydrogen (secondary N) is 1. The number of nitrogens with zero attached hydrogens (tertiary/aromatic N) is 3. The van der Waals surface area contributed by atoms with Gasteiger partial charge in [0.25, 0.3) is 0 Å². The molecule has 1 aromatic rings. The fourth-order valence-corrected chi connectivity index (χ4v) is 2.83. The minimum absolute atomic E-state index is 0.00461. The van der Waals surface area contributed by atoms with Crippen LogP contribution in [0.5, 0.6) is 0 Å². The number of hydrogen-bond acceptors (Lipinski definition) is 3. The lowest BCUT2D eigenvalue weighted by Crippen LogP contribution is -2.40. The Morgan fingerprint density at radius 2 is 2.33 bits per heavy atom. The van der Waals surface area contributed by atoms with Crippen LogP contribution in [0.2, 0.25) is 0 Å². The summed E-state index contributed by atoms with van der Waals surface area (Å²) in [7, 11) is 0. The van der Waals surface area contributed by atoms with Gasteiger partial charge in [-0.3, -0.25) is 14.3 Å². The fraction of sp³-hybridized carbons (Fsp3) is 0.667. The van der Waals surface area contributed by atoms with E-state index in [0.717, 1.165) is 6.54 Å². The van der Waals surface area contributed by atoms with Gasteiger partial charge in [0.1, 0.15) is 0 Å². The molecule has 0 radical (unpaired) electrons. The van der Waals surface area contributed by atoms with Gasteiger partial charge in [0.05, 0.1) is 12.5 Å². The van der Waals surface area contributed by atoms with E-state index in [1.807, 2.05) is 24.1 Å². The highest BCUT2D eigenvalue weighted by Gasteiger charge is 2.37. The molecule has 114 valence electrons. The van der Waals surface area contributed by atoms with Crippen LogP contribution >= 0.6 is 0 Å². The summed E-state index contributed by atoms with van der Waals surface area (Å²) in [5.74, 6) is 0.592. The molecule has 2 amide bonds. The molecule has 21 heavy (non-hydrogen) atoms. The first-order valence-electron chi connectivity index (χ1n) is 7.67. The molecular formula is C15H22N4O2. The van der Waals surface area contributed by atoms with Gasteiger partial charge in [-0.2, -0.15) is 5.10 Å². The first-order valence-corrected chi connectivity index (χ1v) is 7.67. The molecule has 6 heteroatoms. The molecule has 1 saturated carbocycles. The zero-order chi connectivity index (χ0) is 14.8. The highest BCUT2D eigenvalue weighted by atomic mass is 16.2. The van der Waals surface area contributed by atoms with Crippen molar-refractivity contribution in [3.8, 4) is 0 Å². The van der Waals surface area contributed by atoms with Crippen molar-refractivity contribution in [1.29, 1.82) is 0 Å². The second-order valence-corrected chi connectivity index (χ2v) is 6.28. The van der Waals surface area contributed by atoms with Crippen molar-refractivity contribution in [2.24, 2.45) is 11.8 Å². The summed E-state index contributed by atoms with van der Waals surface area (Å²) in [6, 6.07) is 1.87. The predicted molar refractivity (Wildman–Crippen MR) is 77.2 cm³/mol. The van der Waals surface area contributed by atoms with Crippen LogP contribution in [-0.4, -0.2) is 45.6 Å². The van der Waals surface area contributed by atoms with E-state index in [-0.39, 0.29) is 23.8 Å². The molecule has 1 aliphatic carbocycles. The maximum Gasteiger partial charge on any atom is 0.225 e. The van der Waals surface area contributed by atoms with E-state index in [4.69, 9.17) is 0 Å². The van der Waals surface area contributed by atoms with Gasteiger partial charge < -0.3 is 10.2 Å². The number of amides is 2. The van der Waals surface area contributed by atoms with E-state index >= 15 is 0 Å². The van der Waals surface area contributed by atoms with Gasteiger partial charge in [-0.05, 0) is 31.7 Å². The van der Waals surface area contributed by atoms with Gasteiger partial charge in [0, 0.05) is 37.9 Å². The van der Waals surface area contributed by atoms with Gasteiger partial charge >= 0.3 is 0 Å². The second kappa shape index (κ2) is 5.87. The van der Waals surface area contributed by atoms with E-state index < -0.39 is 0 Å². The van der Waals surface area contributed by atoms with Crippen molar-refractivity contribution in [3.05, 3.63) is 18.5 Å². The van der Waals surface area contributed by atoms with Crippen LogP contribution in [-0.2, 0) is 16.1 Å². The lowest BCUT2D eigenvalue weighted by atomic mass is 10.1. The number of rotatable bonds is 6. The van der Waals surface area contributed by atoms with Gasteiger partial charge in [0.15, 0.2) is 0 Å². The third-order valence-electron chi connectivity index (χ3n) is 4.17. The second-order valence-electron chi connectivity index (χ2n) is 6.28. The summed E-state index contributed by atoms with van der Waals surface area (Å²) in [4.78, 5) is 26.0. The largest absolute Gasteiger partial charge is 0.351 e. The van der Waals surface area contributed by atoms with Crippen LogP contribution in [0.4, 0.5) is 0 Å². The highest BCUT2D eigenvalue weighted by Crippen LogP contribution is 2.31. The molecule has 0 unspecified atom stereocenters. The SMILES string of the molecule is C[C@@H](Cn1cccn1)NC(=O)[C@@H]1CC(=O)N(CC2CC2)C1. The molecule has 2 atom stereocenters. The molecule has 6 nitrogen and oxygen atoms in total. The van der Waals surface area contributed by atoms with Gasteiger partial charge in [-0.1, -0.05) is 0 Å². The summed E-state index contributed by atoms with van der Waals surface area (Å²) in [5.41, 5.74) is 0. The predicted octanol–water partition coefficient (Wildman–Crippen LogP) is 0.646. The molecule has 1 aromatic heterocycles. The quantitative estimate of drug-likeness (QED) is 0.836. The standard InChI is InChI=1S/C15H22N4O2/c1-11(8-19-6-2-5-16-19)17-15(21)13-7-14(20)18(10-13)9-12-3-4-12/h2,5-6,11-13H,3-4,7-10H2,1H3,(H,17,21)/t11-,13+/m0/s1. The Morgan fingerprint density at radius 3 is 3.00 bits per heavy atom. The van der Waals surface area contributed by atoms with E-state index in [2.05, 4.69) is 10.4 Å². The average molecular weight is 290 g/mol. The average Bonchev–Trinajstić information content (AvgIpc) is 2.95. The Hall–Kier alpha value is -1.85. The van der Waals surface area contributed by atoms with Gasteiger partial charge in [0.2, 0.25) is 11.8 Å². The molecule has 1 saturated heterocycles. The summed E-state index contributed by atoms with van der Waals surface area (Å²) in [6.45, 7) is 4.02. The number of likely N-dealkylation sites (tertiary alicyclic amines) is 1. The minimum Gasteiger partial charge on any atom is -0.351 e. The summed E-state index contributed by atoms with van der Waals surface area (Å²) in [5, 5.41) is 7.12. The Kier molecular flexibility index (Phi) is 3.94. The Labute approximate surface area is 124 Å². The van der Waals surface area contributed by atoms with Crippen molar-refractivity contribution < 1.29 is 9.59 Å². The molecular weight excluding hydrogens is 268 g/mol. The van der Waals surface area contributed by atoms with Crippen molar-refractivity contribution >= 4 is 11.8 Å². The molecule has 1 aliphatic heterocycles. The van der Waals surface area contributed by atoms with E-state index in [0.29, 0.717) is 25.4 Å². The Morgan fingerprint density at radius 1 is 1.52 bits per heavy atom. The first-order chi connectivity index (χ1) is 10.1. The molecule has 3 rings (SSSR count). The van der Waals surface area contributed by atoms with E-state index in [1.54, 1.807) is 10.9 Å². The Balaban J connectivity index is 1.47. The number of aromatic nitrogens is 2. The van der Waals surface area contributed by atoms with E-state index in [1.165, 1.54) is 12.8 Å². The van der Waals surface area contributed by atoms with Crippen molar-refractivity contribution in [2.45, 2.75) is 38.8 Å². The maximum atomic E-state index is 12.3. The van der Waals surface area contributed by atoms with Crippen LogP contribution < -0.4 is 5.32 Å². The number of hydrogen-bond donors (Lipinski definition) is 1. The molecule has 2 aliphatic rings. The summed E-state index contributed by atoms with van der Waals surface area (Å²) in [6.07, 6.45) is 6.40. The lowest BCUT2D eigenvalue weighted by Gasteiger charge is -2.18. The zero-order valence-electron chi connectivity index (χ0n) is 12.4. The van der Waals surface area contributed by atoms with Crippen molar-refractivity contribution in [1.82, 2.24) is 20.0 Å². The minimum atomic E-state index is -0.198. The fourth-order valence-electron chi connectivity index (χ4n) is 2.83. The molecule has 1 N–H and O–H groups in total. The van der Waals surface area contributed by atoms with Crippen LogP contribution in [0.3, 0.4) is 0 Å². The monoisotopic (exact) mass is 290 g/mol. The lowest BCUT2D eigenvalue weighted by molar-refractivity contribution is -0.129. The first kappa shape index (κ1) is 14.1. The normalized spacial score (nSPS) is 23.4. The Bertz CT molecular complexity index is 510. The third kappa shape index (κ3) is 3.62. The van der Waals surface area contributed by atoms with Gasteiger partial charge in [-0.25, -0.2) is 0 Å². The van der Waals surface area contributed by atoms with Crippen molar-refractivity contribution in [3.63, 3.8) is 0 Å². The topological polar surface area (TPSA) is 67.2 Å². The number of carbonyl (C=O) groups excluding carboxylic acids is 2. The van der Waals surface area contributed by atoms with Crippen molar-refractivity contribution in [2.75, 3.05) is 13.1 Å². The maximum absolute atomic E-state index is 12.3. The molecule has 2 heterocycles. The third-order valence-corrected chi connectivity index (χ3v) is 4.17. The highest BCUT2D eigenvalue weighted by molar-refractivity contribution is 5.89. The molecule has 2 fully saturated rings. The summed E-state index contributed by atoms with van der Waals surface area (Å²) >= 11 is 0. The zero-order valence-corrected chi connectivity index (χ0v) is 12.4. The van der Waals surface area contributed by atoms with Crippen LogP contribution in [0.25, 0.3) is 0 Å². The molecule has 0 bridgehead atoms. The summed E-state index contributed by atoms with van der Waals surface area (Å²) < 4.78 is 1.80.